The van der Waals surface area contributed by atoms with Crippen LogP contribution in [0.5, 0.6) is 5.75 Å². The van der Waals surface area contributed by atoms with Crippen LogP contribution in [-0.4, -0.2) is 31.3 Å². The molecular weight excluding hydrogens is 559 g/mol. The molecule has 1 aromatic heterocycles. The van der Waals surface area contributed by atoms with E-state index in [-0.39, 0.29) is 12.6 Å². The average molecular weight is 584 g/mol. The second kappa shape index (κ2) is 10.8. The van der Waals surface area contributed by atoms with Crippen molar-refractivity contribution in [2.75, 3.05) is 25.1 Å². The van der Waals surface area contributed by atoms with Gasteiger partial charge in [-0.2, -0.15) is 0 Å². The van der Waals surface area contributed by atoms with Gasteiger partial charge >= 0.3 is 5.97 Å². The predicted molar refractivity (Wildman–Crippen MR) is 152 cm³/mol. The highest BCUT2D eigenvalue weighted by Gasteiger charge is 2.34. The average Bonchev–Trinajstić information content (AvgIpc) is 3.67. The Balaban J connectivity index is 1.15. The Morgan fingerprint density at radius 2 is 1.72 bits per heavy atom. The van der Waals surface area contributed by atoms with E-state index in [2.05, 4.69) is 10.1 Å². The van der Waals surface area contributed by atoms with Crippen LogP contribution in [-0.2, 0) is 11.3 Å². The van der Waals surface area contributed by atoms with Gasteiger partial charge in [-0.05, 0) is 54.8 Å². The molecule has 0 N–H and O–H groups in total. The van der Waals surface area contributed by atoms with Gasteiger partial charge in [0.1, 0.15) is 23.8 Å². The van der Waals surface area contributed by atoms with Gasteiger partial charge in [0.05, 0.1) is 39.0 Å². The number of carbonyl (C=O) groups excluding carboxylic acids is 1. The molecule has 9 heteroatoms. The van der Waals surface area contributed by atoms with Crippen LogP contribution in [0.2, 0.25) is 15.1 Å². The van der Waals surface area contributed by atoms with Gasteiger partial charge in [-0.15, -0.1) is 0 Å². The van der Waals surface area contributed by atoms with Gasteiger partial charge in [0.25, 0.3) is 0 Å². The summed E-state index contributed by atoms with van der Waals surface area (Å²) in [6.07, 6.45) is 2.12. The van der Waals surface area contributed by atoms with Crippen LogP contribution < -0.4 is 9.64 Å². The van der Waals surface area contributed by atoms with E-state index in [1.807, 2.05) is 36.4 Å². The van der Waals surface area contributed by atoms with E-state index in [1.165, 1.54) is 7.11 Å². The molecule has 3 aromatic carbocycles. The van der Waals surface area contributed by atoms with Crippen molar-refractivity contribution >= 4 is 46.5 Å². The third-order valence-corrected chi connectivity index (χ3v) is 8.20. The van der Waals surface area contributed by atoms with Crippen molar-refractivity contribution < 1.29 is 18.8 Å². The van der Waals surface area contributed by atoms with Gasteiger partial charge < -0.3 is 18.9 Å². The Kier molecular flexibility index (Phi) is 7.19. The van der Waals surface area contributed by atoms with Gasteiger partial charge in [0.15, 0.2) is 0 Å². The predicted octanol–water partition coefficient (Wildman–Crippen LogP) is 8.15. The highest BCUT2D eigenvalue weighted by molar-refractivity contribution is 6.39. The Morgan fingerprint density at radius 1 is 0.974 bits per heavy atom. The number of methoxy groups -OCH3 is 1. The number of ether oxygens (including phenoxy) is 2. The fourth-order valence-corrected chi connectivity index (χ4v) is 5.83. The number of benzene rings is 3. The summed E-state index contributed by atoms with van der Waals surface area (Å²) in [6, 6.07) is 18.7. The zero-order valence-electron chi connectivity index (χ0n) is 21.1. The summed E-state index contributed by atoms with van der Waals surface area (Å²) < 4.78 is 16.8. The first-order valence-corrected chi connectivity index (χ1v) is 13.8. The minimum absolute atomic E-state index is 0.254. The summed E-state index contributed by atoms with van der Waals surface area (Å²) >= 11 is 19.6. The zero-order chi connectivity index (χ0) is 27.1. The summed E-state index contributed by atoms with van der Waals surface area (Å²) in [4.78, 5) is 14.1. The molecule has 0 amide bonds. The van der Waals surface area contributed by atoms with Crippen LogP contribution in [0.4, 0.5) is 5.69 Å². The number of nitrogens with zero attached hydrogens (tertiary/aromatic N) is 2. The molecule has 6 nitrogen and oxygen atoms in total. The fraction of sp³-hybridized carbons (Fsp3) is 0.267. The molecule has 2 fully saturated rings. The molecule has 200 valence electrons. The van der Waals surface area contributed by atoms with Crippen LogP contribution in [0.15, 0.2) is 65.2 Å². The smallest absolute Gasteiger partial charge is 0.337 e. The van der Waals surface area contributed by atoms with Gasteiger partial charge in [-0.3, -0.25) is 0 Å². The van der Waals surface area contributed by atoms with Crippen molar-refractivity contribution in [3.05, 3.63) is 98.2 Å². The maximum absolute atomic E-state index is 11.9. The van der Waals surface area contributed by atoms with Gasteiger partial charge in [-0.25, -0.2) is 4.79 Å². The fourth-order valence-electron chi connectivity index (χ4n) is 4.96. The lowest BCUT2D eigenvalue weighted by Crippen LogP contribution is -2.45. The molecule has 0 radical (unpaired) electrons. The molecule has 1 saturated heterocycles. The van der Waals surface area contributed by atoms with E-state index < -0.39 is 0 Å². The van der Waals surface area contributed by atoms with E-state index in [0.717, 1.165) is 48.5 Å². The Hall–Kier alpha value is -3.19. The van der Waals surface area contributed by atoms with Crippen molar-refractivity contribution in [2.45, 2.75) is 31.3 Å². The van der Waals surface area contributed by atoms with Gasteiger partial charge in [0.2, 0.25) is 0 Å². The molecule has 0 spiro atoms. The first-order valence-electron chi connectivity index (χ1n) is 12.7. The minimum atomic E-state index is -0.329. The van der Waals surface area contributed by atoms with Crippen molar-refractivity contribution in [2.24, 2.45) is 0 Å². The highest BCUT2D eigenvalue weighted by Crippen LogP contribution is 2.46. The second-order valence-corrected chi connectivity index (χ2v) is 11.1. The number of carbonyl (C=O) groups is 1. The number of hydrogen-bond donors (Lipinski definition) is 0. The molecule has 6 rings (SSSR count). The lowest BCUT2D eigenvalue weighted by molar-refractivity contribution is 0.0600. The van der Waals surface area contributed by atoms with Crippen molar-refractivity contribution in [1.29, 1.82) is 0 Å². The molecule has 2 heterocycles. The lowest BCUT2D eigenvalue weighted by Gasteiger charge is -2.42. The molecule has 1 saturated carbocycles. The molecule has 0 unspecified atom stereocenters. The van der Waals surface area contributed by atoms with Crippen molar-refractivity contribution in [3.8, 4) is 17.0 Å². The highest BCUT2D eigenvalue weighted by atomic mass is 35.5. The molecule has 1 aliphatic heterocycles. The van der Waals surface area contributed by atoms with Crippen LogP contribution in [0.25, 0.3) is 11.3 Å². The molecule has 2 aliphatic rings. The van der Waals surface area contributed by atoms with Crippen LogP contribution >= 0.6 is 34.8 Å². The van der Waals surface area contributed by atoms with Crippen molar-refractivity contribution in [1.82, 2.24) is 5.16 Å². The van der Waals surface area contributed by atoms with Crippen LogP contribution in [0, 0.1) is 0 Å². The molecule has 39 heavy (non-hydrogen) atoms. The monoisotopic (exact) mass is 582 g/mol. The maximum Gasteiger partial charge on any atom is 0.337 e. The third-order valence-electron chi connectivity index (χ3n) is 7.27. The largest absolute Gasteiger partial charge is 0.489 e. The van der Waals surface area contributed by atoms with E-state index in [4.69, 9.17) is 48.8 Å². The molecule has 0 bridgehead atoms. The third kappa shape index (κ3) is 5.21. The maximum atomic E-state index is 11.9. The topological polar surface area (TPSA) is 64.8 Å². The lowest BCUT2D eigenvalue weighted by atomic mass is 9.90. The summed E-state index contributed by atoms with van der Waals surface area (Å²) in [5.41, 5.74) is 4.72. The second-order valence-electron chi connectivity index (χ2n) is 9.87. The number of aromatic nitrogens is 1. The summed E-state index contributed by atoms with van der Waals surface area (Å²) in [7, 11) is 1.39. The van der Waals surface area contributed by atoms with Gasteiger partial charge in [0, 0.05) is 36.6 Å². The van der Waals surface area contributed by atoms with E-state index in [0.29, 0.717) is 49.5 Å². The van der Waals surface area contributed by atoms with E-state index >= 15 is 0 Å². The Morgan fingerprint density at radius 3 is 2.41 bits per heavy atom. The first-order chi connectivity index (χ1) is 18.9. The molecule has 1 aliphatic carbocycles. The van der Waals surface area contributed by atoms with E-state index in [1.54, 1.807) is 24.3 Å². The Labute approximate surface area is 241 Å². The molecular formula is C30H25Cl3N2O4. The van der Waals surface area contributed by atoms with E-state index in [9.17, 15) is 4.79 Å². The first kappa shape index (κ1) is 26.1. The number of rotatable bonds is 8. The van der Waals surface area contributed by atoms with Gasteiger partial charge in [-0.1, -0.05) is 58.2 Å². The van der Waals surface area contributed by atoms with Crippen molar-refractivity contribution in [3.63, 3.8) is 0 Å². The number of esters is 1. The number of hydrogen-bond acceptors (Lipinski definition) is 6. The Bertz CT molecular complexity index is 1520. The number of halogens is 3. The summed E-state index contributed by atoms with van der Waals surface area (Å²) in [5.74, 6) is 1.79. The minimum Gasteiger partial charge on any atom is -0.489 e. The van der Waals surface area contributed by atoms with Crippen LogP contribution in [0.3, 0.4) is 0 Å². The molecule has 4 aromatic rings. The quantitative estimate of drug-likeness (QED) is 0.195. The number of anilines is 1. The molecule has 0 atom stereocenters. The zero-order valence-corrected chi connectivity index (χ0v) is 23.4. The summed E-state index contributed by atoms with van der Waals surface area (Å²) in [6.45, 7) is 1.86. The SMILES string of the molecule is COC(=O)c1cccc(C2CN(c3ccc(OCc4c(-c5c(Cl)cccc5Cl)noc4C4CC4)cc3Cl)C2)c1. The standard InChI is InChI=1S/C30H25Cl3N2O4/c1-37-30(36)19-5-2-4-18(12-19)20-14-35(15-20)26-11-10-21(13-25(26)33)38-16-22-28(34-39-29(22)17-8-9-17)27-23(31)6-3-7-24(27)32/h2-7,10-13,17,20H,8-9,14-16H2,1H3. The summed E-state index contributed by atoms with van der Waals surface area (Å²) in [5, 5.41) is 5.95. The normalized spacial score (nSPS) is 15.2. The van der Waals surface area contributed by atoms with Crippen LogP contribution in [0.1, 0.15) is 51.9 Å².